The highest BCUT2D eigenvalue weighted by atomic mass is 16.7. The van der Waals surface area contributed by atoms with Gasteiger partial charge < -0.3 is 14.2 Å². The van der Waals surface area contributed by atoms with E-state index in [1.54, 1.807) is 0 Å². The molecule has 116 valence electrons. The Balaban J connectivity index is 1.73. The first-order valence-electron chi connectivity index (χ1n) is 7.67. The molecule has 1 aromatic rings. The topological polar surface area (TPSA) is 27.7 Å². The first-order valence-corrected chi connectivity index (χ1v) is 7.67. The van der Waals surface area contributed by atoms with Crippen molar-refractivity contribution in [1.82, 2.24) is 0 Å². The molecule has 2 rings (SSSR count). The third kappa shape index (κ3) is 5.62. The summed E-state index contributed by atoms with van der Waals surface area (Å²) in [7, 11) is 0. The van der Waals surface area contributed by atoms with Crippen molar-refractivity contribution >= 4 is 0 Å². The van der Waals surface area contributed by atoms with E-state index in [-0.39, 0.29) is 12.2 Å². The largest absolute Gasteiger partial charge is 0.377 e. The summed E-state index contributed by atoms with van der Waals surface area (Å²) in [4.78, 5) is 0. The lowest BCUT2D eigenvalue weighted by atomic mass is 10.0. The molecule has 1 heterocycles. The molecule has 0 amide bonds. The van der Waals surface area contributed by atoms with E-state index in [1.165, 1.54) is 5.56 Å². The van der Waals surface area contributed by atoms with Crippen LogP contribution in [0.15, 0.2) is 43.0 Å². The molecule has 0 saturated carbocycles. The Kier molecular flexibility index (Phi) is 5.97. The standard InChI is InChI=1S/C18H26O3/c1-4-8-16-13-17(21-18(2,3)20-16)11-12-19-14-15-9-6-5-7-10-15/h4-7,9-10,16-17H,1,8,11-14H2,2-3H3/t16-,17+/m1/s1. The van der Waals surface area contributed by atoms with Gasteiger partial charge >= 0.3 is 0 Å². The summed E-state index contributed by atoms with van der Waals surface area (Å²) in [6.45, 7) is 9.10. The molecule has 0 aliphatic carbocycles. The molecule has 3 heteroatoms. The van der Waals surface area contributed by atoms with Crippen LogP contribution in [0.5, 0.6) is 0 Å². The van der Waals surface area contributed by atoms with E-state index in [1.807, 2.05) is 38.1 Å². The summed E-state index contributed by atoms with van der Waals surface area (Å²) in [6.07, 6.45) is 4.97. The van der Waals surface area contributed by atoms with Gasteiger partial charge in [0.25, 0.3) is 0 Å². The molecule has 1 fully saturated rings. The molecule has 0 unspecified atom stereocenters. The maximum absolute atomic E-state index is 5.97. The van der Waals surface area contributed by atoms with Crippen LogP contribution in [-0.2, 0) is 20.8 Å². The predicted molar refractivity (Wildman–Crippen MR) is 84.0 cm³/mol. The lowest BCUT2D eigenvalue weighted by Gasteiger charge is -2.40. The van der Waals surface area contributed by atoms with Crippen molar-refractivity contribution in [1.29, 1.82) is 0 Å². The Morgan fingerprint density at radius 1 is 1.24 bits per heavy atom. The number of hydrogen-bond acceptors (Lipinski definition) is 3. The van der Waals surface area contributed by atoms with Crippen molar-refractivity contribution in [3.05, 3.63) is 48.6 Å². The fourth-order valence-electron chi connectivity index (χ4n) is 2.71. The maximum atomic E-state index is 5.97. The molecule has 0 aromatic heterocycles. The molecule has 21 heavy (non-hydrogen) atoms. The maximum Gasteiger partial charge on any atom is 0.163 e. The summed E-state index contributed by atoms with van der Waals surface area (Å²) in [6, 6.07) is 10.2. The van der Waals surface area contributed by atoms with Crippen LogP contribution in [-0.4, -0.2) is 24.6 Å². The third-order valence-corrected chi connectivity index (χ3v) is 3.55. The van der Waals surface area contributed by atoms with Crippen LogP contribution >= 0.6 is 0 Å². The van der Waals surface area contributed by atoms with E-state index < -0.39 is 5.79 Å². The molecule has 1 saturated heterocycles. The predicted octanol–water partition coefficient (Wildman–Crippen LogP) is 4.08. The van der Waals surface area contributed by atoms with Crippen molar-refractivity contribution in [2.24, 2.45) is 0 Å². The van der Waals surface area contributed by atoms with Gasteiger partial charge in [-0.25, -0.2) is 0 Å². The van der Waals surface area contributed by atoms with E-state index >= 15 is 0 Å². The van der Waals surface area contributed by atoms with Crippen LogP contribution in [0, 0.1) is 0 Å². The summed E-state index contributed by atoms with van der Waals surface area (Å²) in [5.41, 5.74) is 1.20. The lowest BCUT2D eigenvalue weighted by Crippen LogP contribution is -2.44. The van der Waals surface area contributed by atoms with Gasteiger partial charge in [0.05, 0.1) is 18.8 Å². The lowest BCUT2D eigenvalue weighted by molar-refractivity contribution is -0.300. The summed E-state index contributed by atoms with van der Waals surface area (Å²) in [5, 5.41) is 0. The zero-order valence-corrected chi connectivity index (χ0v) is 13.1. The zero-order valence-electron chi connectivity index (χ0n) is 13.1. The molecule has 3 nitrogen and oxygen atoms in total. The quantitative estimate of drug-likeness (QED) is 0.559. The highest BCUT2D eigenvalue weighted by Gasteiger charge is 2.34. The SMILES string of the molecule is C=CC[C@@H]1C[C@H](CCOCc2ccccc2)OC(C)(C)O1. The highest BCUT2D eigenvalue weighted by molar-refractivity contribution is 5.13. The minimum atomic E-state index is -0.518. The van der Waals surface area contributed by atoms with Gasteiger partial charge in [-0.15, -0.1) is 6.58 Å². The summed E-state index contributed by atoms with van der Waals surface area (Å²) < 4.78 is 17.6. The van der Waals surface area contributed by atoms with Gasteiger partial charge in [-0.2, -0.15) is 0 Å². The van der Waals surface area contributed by atoms with Crippen LogP contribution in [0.25, 0.3) is 0 Å². The number of hydrogen-bond donors (Lipinski definition) is 0. The molecule has 1 aromatic carbocycles. The Morgan fingerprint density at radius 2 is 1.95 bits per heavy atom. The first-order chi connectivity index (χ1) is 10.1. The van der Waals surface area contributed by atoms with Crippen molar-refractivity contribution in [3.8, 4) is 0 Å². The fourth-order valence-corrected chi connectivity index (χ4v) is 2.71. The van der Waals surface area contributed by atoms with Gasteiger partial charge in [0, 0.05) is 13.0 Å². The zero-order chi connectivity index (χ0) is 15.1. The van der Waals surface area contributed by atoms with Gasteiger partial charge in [0.2, 0.25) is 0 Å². The second-order valence-electron chi connectivity index (χ2n) is 5.97. The van der Waals surface area contributed by atoms with E-state index in [0.717, 1.165) is 19.3 Å². The molecule has 0 bridgehead atoms. The average Bonchev–Trinajstić information content (AvgIpc) is 2.43. The Bertz CT molecular complexity index is 427. The second-order valence-corrected chi connectivity index (χ2v) is 5.97. The van der Waals surface area contributed by atoms with Crippen LogP contribution in [0.4, 0.5) is 0 Å². The smallest absolute Gasteiger partial charge is 0.163 e. The number of rotatable bonds is 7. The van der Waals surface area contributed by atoms with Gasteiger partial charge in [-0.05, 0) is 32.3 Å². The first kappa shape index (κ1) is 16.2. The van der Waals surface area contributed by atoms with Crippen LogP contribution < -0.4 is 0 Å². The average molecular weight is 290 g/mol. The van der Waals surface area contributed by atoms with E-state index in [9.17, 15) is 0 Å². The second kappa shape index (κ2) is 7.74. The van der Waals surface area contributed by atoms with E-state index in [4.69, 9.17) is 14.2 Å². The third-order valence-electron chi connectivity index (χ3n) is 3.55. The van der Waals surface area contributed by atoms with E-state index in [0.29, 0.717) is 13.2 Å². The minimum absolute atomic E-state index is 0.189. The normalized spacial score (nSPS) is 24.7. The number of ether oxygens (including phenoxy) is 3. The highest BCUT2D eigenvalue weighted by Crippen LogP contribution is 2.29. The summed E-state index contributed by atoms with van der Waals surface area (Å²) >= 11 is 0. The molecular formula is C18H26O3. The van der Waals surface area contributed by atoms with Crippen LogP contribution in [0.2, 0.25) is 0 Å². The molecule has 0 radical (unpaired) electrons. The van der Waals surface area contributed by atoms with Crippen molar-refractivity contribution in [3.63, 3.8) is 0 Å². The Labute approximate surface area is 127 Å². The van der Waals surface area contributed by atoms with Crippen molar-refractivity contribution in [2.45, 2.75) is 57.7 Å². The molecule has 2 atom stereocenters. The van der Waals surface area contributed by atoms with Gasteiger partial charge in [0.1, 0.15) is 0 Å². The Hall–Kier alpha value is -1.16. The molecule has 1 aliphatic rings. The van der Waals surface area contributed by atoms with Crippen LogP contribution in [0.3, 0.4) is 0 Å². The summed E-state index contributed by atoms with van der Waals surface area (Å²) in [5.74, 6) is -0.518. The van der Waals surface area contributed by atoms with Crippen molar-refractivity contribution < 1.29 is 14.2 Å². The van der Waals surface area contributed by atoms with E-state index in [2.05, 4.69) is 18.7 Å². The molecule has 0 N–H and O–H groups in total. The molecular weight excluding hydrogens is 264 g/mol. The van der Waals surface area contributed by atoms with Gasteiger partial charge in [0.15, 0.2) is 5.79 Å². The number of benzene rings is 1. The van der Waals surface area contributed by atoms with Crippen molar-refractivity contribution in [2.75, 3.05) is 6.61 Å². The molecule has 0 spiro atoms. The van der Waals surface area contributed by atoms with Crippen LogP contribution in [0.1, 0.15) is 38.7 Å². The van der Waals surface area contributed by atoms with Gasteiger partial charge in [-0.3, -0.25) is 0 Å². The fraction of sp³-hybridized carbons (Fsp3) is 0.556. The molecule has 1 aliphatic heterocycles. The minimum Gasteiger partial charge on any atom is -0.377 e. The Morgan fingerprint density at radius 3 is 2.67 bits per heavy atom. The monoisotopic (exact) mass is 290 g/mol. The van der Waals surface area contributed by atoms with Gasteiger partial charge in [-0.1, -0.05) is 36.4 Å².